The van der Waals surface area contributed by atoms with E-state index < -0.39 is 57.6 Å². The maximum absolute atomic E-state index is 14.8. The lowest BCUT2D eigenvalue weighted by Crippen LogP contribution is -2.53. The van der Waals surface area contributed by atoms with Crippen LogP contribution < -0.4 is 0 Å². The van der Waals surface area contributed by atoms with Crippen molar-refractivity contribution in [1.82, 2.24) is 4.90 Å². The molecule has 0 aromatic heterocycles. The lowest BCUT2D eigenvalue weighted by molar-refractivity contribution is -0.165. The van der Waals surface area contributed by atoms with Gasteiger partial charge in [0.1, 0.15) is 18.3 Å². The molecule has 3 saturated carbocycles. The Hall–Kier alpha value is -2.23. The molecule has 3 saturated heterocycles. The zero-order chi connectivity index (χ0) is 32.6. The first kappa shape index (κ1) is 31.1. The van der Waals surface area contributed by atoms with Crippen LogP contribution in [0.2, 0.25) is 0 Å². The minimum atomic E-state index is -1.17. The van der Waals surface area contributed by atoms with Crippen molar-refractivity contribution in [2.45, 2.75) is 115 Å². The first-order valence-electron chi connectivity index (χ1n) is 17.8. The molecule has 0 aromatic rings. The quantitative estimate of drug-likeness (QED) is 0.269. The minimum Gasteiger partial charge on any atom is -0.462 e. The number of fused-ring (bicyclic) bond motifs is 6. The summed E-state index contributed by atoms with van der Waals surface area (Å²) < 4.78 is 19.1. The molecular formula is C37H51NO8. The normalized spacial score (nSPS) is 53.9. The van der Waals surface area contributed by atoms with Crippen molar-refractivity contribution < 1.29 is 38.8 Å². The molecule has 5 aliphatic carbocycles. The number of piperidine rings is 1. The van der Waals surface area contributed by atoms with Crippen molar-refractivity contribution in [2.24, 2.45) is 51.8 Å². The molecule has 3 heterocycles. The second-order valence-electron chi connectivity index (χ2n) is 17.0. The summed E-state index contributed by atoms with van der Waals surface area (Å²) >= 11 is 0. The molecule has 0 radical (unpaired) electrons. The Morgan fingerprint density at radius 2 is 1.80 bits per heavy atom. The minimum absolute atomic E-state index is 0.0705. The highest BCUT2D eigenvalue weighted by atomic mass is 16.6. The number of aliphatic hydroxyl groups is 2. The van der Waals surface area contributed by atoms with Crippen LogP contribution in [0.4, 0.5) is 0 Å². The van der Waals surface area contributed by atoms with Crippen LogP contribution in [-0.2, 0) is 28.6 Å². The molecule has 3 aliphatic heterocycles. The van der Waals surface area contributed by atoms with Crippen LogP contribution in [0.5, 0.6) is 0 Å². The van der Waals surface area contributed by atoms with E-state index >= 15 is 0 Å². The van der Waals surface area contributed by atoms with E-state index in [1.54, 1.807) is 0 Å². The zero-order valence-electron chi connectivity index (χ0n) is 28.0. The first-order chi connectivity index (χ1) is 21.7. The van der Waals surface area contributed by atoms with Crippen LogP contribution in [0, 0.1) is 51.8 Å². The van der Waals surface area contributed by atoms with Crippen molar-refractivity contribution >= 4 is 17.9 Å². The third-order valence-corrected chi connectivity index (χ3v) is 14.8. The number of carbonyl (C=O) groups is 3. The average Bonchev–Trinajstić information content (AvgIpc) is 3.70. The molecule has 9 nitrogen and oxygen atoms in total. The molecule has 14 unspecified atom stereocenters. The molecule has 1 spiro atoms. The van der Waals surface area contributed by atoms with Gasteiger partial charge in [0.25, 0.3) is 0 Å². The van der Waals surface area contributed by atoms with E-state index in [0.717, 1.165) is 31.5 Å². The van der Waals surface area contributed by atoms with Crippen molar-refractivity contribution in [1.29, 1.82) is 0 Å². The molecule has 9 heteroatoms. The molecule has 6 fully saturated rings. The summed E-state index contributed by atoms with van der Waals surface area (Å²) in [5, 5.41) is 24.5. The predicted octanol–water partition coefficient (Wildman–Crippen LogP) is 3.95. The number of rotatable bonds is 3. The van der Waals surface area contributed by atoms with Gasteiger partial charge in [-0.3, -0.25) is 14.4 Å². The van der Waals surface area contributed by atoms with Gasteiger partial charge in [-0.25, -0.2) is 0 Å². The fraction of sp³-hybridized carbons (Fsp3) is 0.811. The number of carbonyl (C=O) groups excluding carboxylic acids is 3. The highest BCUT2D eigenvalue weighted by molar-refractivity contribution is 5.84. The molecule has 14 atom stereocenters. The van der Waals surface area contributed by atoms with E-state index in [9.17, 15) is 24.6 Å². The summed E-state index contributed by atoms with van der Waals surface area (Å²) in [5.74, 6) is -2.54. The third kappa shape index (κ3) is 3.82. The smallest absolute Gasteiger partial charge is 0.313 e. The van der Waals surface area contributed by atoms with Crippen LogP contribution >= 0.6 is 0 Å². The molecular weight excluding hydrogens is 586 g/mol. The number of hydrogen-bond donors (Lipinski definition) is 2. The van der Waals surface area contributed by atoms with Crippen LogP contribution in [0.1, 0.15) is 86.0 Å². The van der Waals surface area contributed by atoms with Gasteiger partial charge >= 0.3 is 17.9 Å². The van der Waals surface area contributed by atoms with Gasteiger partial charge in [-0.2, -0.15) is 0 Å². The van der Waals surface area contributed by atoms with Crippen LogP contribution in [0.15, 0.2) is 23.8 Å². The lowest BCUT2D eigenvalue weighted by Gasteiger charge is -2.46. The van der Waals surface area contributed by atoms with Gasteiger partial charge < -0.3 is 29.3 Å². The number of nitrogens with zero attached hydrogens (tertiary/aromatic N) is 1. The van der Waals surface area contributed by atoms with Crippen molar-refractivity contribution in [3.63, 3.8) is 0 Å². The standard InChI is InChI=1S/C37H51NO8/c1-20-9-10-24-26(20)29-27(25(44-21(2)39)17-34(24,4)42)37(32(41)46-29)19-36-14-13-33(37,3)30(36)28-22(11-12-35(36,5)43)23(31(40)45-28)18-38-15-7-6-8-16-38/h9,13-14,22-30,42-43H,6-8,10-12,15-19H2,1-5H3. The highest BCUT2D eigenvalue weighted by Crippen LogP contribution is 2.80. The summed E-state index contributed by atoms with van der Waals surface area (Å²) in [5.41, 5.74) is -4.06. The Labute approximate surface area is 272 Å². The van der Waals surface area contributed by atoms with E-state index in [4.69, 9.17) is 14.2 Å². The highest BCUT2D eigenvalue weighted by Gasteiger charge is 2.85. The lowest BCUT2D eigenvalue weighted by atomic mass is 9.54. The van der Waals surface area contributed by atoms with Gasteiger partial charge in [0.05, 0.1) is 28.5 Å². The van der Waals surface area contributed by atoms with Crippen molar-refractivity contribution in [3.8, 4) is 0 Å². The zero-order valence-corrected chi connectivity index (χ0v) is 28.0. The number of esters is 3. The van der Waals surface area contributed by atoms with E-state index in [-0.39, 0.29) is 47.9 Å². The van der Waals surface area contributed by atoms with Crippen LogP contribution in [0.3, 0.4) is 0 Å². The first-order valence-corrected chi connectivity index (χ1v) is 17.8. The molecule has 8 rings (SSSR count). The van der Waals surface area contributed by atoms with E-state index in [0.29, 0.717) is 32.2 Å². The van der Waals surface area contributed by atoms with Crippen molar-refractivity contribution in [3.05, 3.63) is 23.8 Å². The van der Waals surface area contributed by atoms with Crippen LogP contribution in [-0.4, -0.2) is 82.2 Å². The molecule has 2 bridgehead atoms. The van der Waals surface area contributed by atoms with Gasteiger partial charge in [0.2, 0.25) is 0 Å². The molecule has 252 valence electrons. The molecule has 0 aromatic carbocycles. The third-order valence-electron chi connectivity index (χ3n) is 14.8. The summed E-state index contributed by atoms with van der Waals surface area (Å²) in [6, 6.07) is 0. The summed E-state index contributed by atoms with van der Waals surface area (Å²) in [7, 11) is 0. The Balaban J connectivity index is 1.26. The van der Waals surface area contributed by atoms with Gasteiger partial charge in [0, 0.05) is 54.4 Å². The molecule has 8 aliphatic rings. The van der Waals surface area contributed by atoms with E-state index in [1.165, 1.54) is 13.3 Å². The number of allylic oxidation sites excluding steroid dienone is 2. The number of likely N-dealkylation sites (tertiary alicyclic amines) is 1. The second kappa shape index (κ2) is 9.91. The average molecular weight is 638 g/mol. The Morgan fingerprint density at radius 1 is 1.07 bits per heavy atom. The van der Waals surface area contributed by atoms with Crippen LogP contribution in [0.25, 0.3) is 0 Å². The SMILES string of the molecule is CC(=O)OC1CC(C)(O)C2CC=C(C)C2C2OC(=O)C3(CC45C=CC3(C)C4C3OC(=O)C(CN4CCCCC4)C3CCC5(C)O)C12. The number of ether oxygens (including phenoxy) is 3. The second-order valence-corrected chi connectivity index (χ2v) is 17.0. The fourth-order valence-corrected chi connectivity index (χ4v) is 12.7. The Morgan fingerprint density at radius 3 is 2.52 bits per heavy atom. The molecule has 0 amide bonds. The maximum atomic E-state index is 14.8. The summed E-state index contributed by atoms with van der Waals surface area (Å²) in [4.78, 5) is 43.6. The predicted molar refractivity (Wildman–Crippen MR) is 167 cm³/mol. The van der Waals surface area contributed by atoms with E-state index in [2.05, 4.69) is 30.1 Å². The van der Waals surface area contributed by atoms with E-state index in [1.807, 2.05) is 20.8 Å². The van der Waals surface area contributed by atoms with Gasteiger partial charge in [0.15, 0.2) is 0 Å². The Bertz CT molecular complexity index is 1410. The summed E-state index contributed by atoms with van der Waals surface area (Å²) in [6.45, 7) is 11.9. The largest absolute Gasteiger partial charge is 0.462 e. The fourth-order valence-electron chi connectivity index (χ4n) is 12.7. The topological polar surface area (TPSA) is 123 Å². The maximum Gasteiger partial charge on any atom is 0.313 e. The van der Waals surface area contributed by atoms with Gasteiger partial charge in [-0.1, -0.05) is 37.1 Å². The number of hydrogen-bond acceptors (Lipinski definition) is 9. The van der Waals surface area contributed by atoms with Crippen molar-refractivity contribution in [2.75, 3.05) is 19.6 Å². The monoisotopic (exact) mass is 637 g/mol. The molecule has 46 heavy (non-hydrogen) atoms. The van der Waals surface area contributed by atoms with Gasteiger partial charge in [-0.15, -0.1) is 0 Å². The van der Waals surface area contributed by atoms with Gasteiger partial charge in [-0.05, 0) is 72.4 Å². The summed E-state index contributed by atoms with van der Waals surface area (Å²) in [6.07, 6.45) is 10.4. The Kier molecular flexibility index (Phi) is 6.69. The molecule has 2 N–H and O–H groups in total.